The lowest BCUT2D eigenvalue weighted by molar-refractivity contribution is 0.102. The van der Waals surface area contributed by atoms with Crippen LogP contribution in [0.1, 0.15) is 49.0 Å². The fourth-order valence-corrected chi connectivity index (χ4v) is 5.13. The number of benzene rings is 2. The first kappa shape index (κ1) is 22.2. The van der Waals surface area contributed by atoms with Crippen molar-refractivity contribution < 1.29 is 19.7 Å². The van der Waals surface area contributed by atoms with E-state index in [1.807, 2.05) is 24.3 Å². The Kier molecular flexibility index (Phi) is 6.69. The largest absolute Gasteiger partial charge is 0.508 e. The molecule has 0 radical (unpaired) electrons. The van der Waals surface area contributed by atoms with Gasteiger partial charge in [0.2, 0.25) is 0 Å². The number of nitrogens with zero attached hydrogens (tertiary/aromatic N) is 3. The second kappa shape index (κ2) is 9.65. The molecule has 1 fully saturated rings. The van der Waals surface area contributed by atoms with Gasteiger partial charge < -0.3 is 14.9 Å². The highest BCUT2D eigenvalue weighted by molar-refractivity contribution is 7.99. The van der Waals surface area contributed by atoms with Gasteiger partial charge in [-0.1, -0.05) is 31.5 Å². The van der Waals surface area contributed by atoms with Crippen LogP contribution < -0.4 is 4.74 Å². The van der Waals surface area contributed by atoms with E-state index in [0.29, 0.717) is 11.1 Å². The van der Waals surface area contributed by atoms with Gasteiger partial charge in [0, 0.05) is 17.7 Å². The molecule has 0 amide bonds. The van der Waals surface area contributed by atoms with Gasteiger partial charge in [-0.3, -0.25) is 9.36 Å². The van der Waals surface area contributed by atoms with Crippen molar-refractivity contribution in [2.75, 3.05) is 12.9 Å². The Balaban J connectivity index is 1.63. The van der Waals surface area contributed by atoms with Crippen LogP contribution in [0.2, 0.25) is 0 Å². The maximum Gasteiger partial charge on any atom is 0.192 e. The molecular formula is C24H27N3O4S. The highest BCUT2D eigenvalue weighted by Gasteiger charge is 2.29. The fourth-order valence-electron chi connectivity index (χ4n) is 4.26. The monoisotopic (exact) mass is 453 g/mol. The van der Waals surface area contributed by atoms with Crippen LogP contribution in [-0.2, 0) is 0 Å². The molecule has 0 unspecified atom stereocenters. The fraction of sp³-hybridized carbons (Fsp3) is 0.375. The van der Waals surface area contributed by atoms with Crippen LogP contribution in [0.4, 0.5) is 0 Å². The molecule has 8 heteroatoms. The third-order valence-corrected chi connectivity index (χ3v) is 6.97. The predicted octanol–water partition coefficient (Wildman–Crippen LogP) is 5.09. The van der Waals surface area contributed by atoms with Crippen molar-refractivity contribution in [1.29, 1.82) is 0 Å². The van der Waals surface area contributed by atoms with Gasteiger partial charge in [-0.2, -0.15) is 0 Å². The van der Waals surface area contributed by atoms with E-state index in [4.69, 9.17) is 4.74 Å². The van der Waals surface area contributed by atoms with E-state index in [2.05, 4.69) is 21.7 Å². The first-order valence-electron chi connectivity index (χ1n) is 10.7. The molecule has 168 valence electrons. The summed E-state index contributed by atoms with van der Waals surface area (Å²) >= 11 is 1.32. The molecule has 4 rings (SSSR count). The van der Waals surface area contributed by atoms with Gasteiger partial charge >= 0.3 is 0 Å². The molecule has 1 heterocycles. The second-order valence-electron chi connectivity index (χ2n) is 8.15. The van der Waals surface area contributed by atoms with Gasteiger partial charge in [-0.25, -0.2) is 0 Å². The smallest absolute Gasteiger partial charge is 0.192 e. The zero-order valence-electron chi connectivity index (χ0n) is 18.2. The minimum atomic E-state index is -0.232. The lowest BCUT2D eigenvalue weighted by Gasteiger charge is -2.31. The third kappa shape index (κ3) is 4.60. The number of carbonyl (C=O) groups excluding carboxylic acids is 1. The number of phenolic OH excluding ortho intramolecular Hbond substituents is 2. The molecule has 32 heavy (non-hydrogen) atoms. The van der Waals surface area contributed by atoms with Crippen LogP contribution in [0.5, 0.6) is 17.2 Å². The lowest BCUT2D eigenvalue weighted by atomic mass is 9.85. The summed E-state index contributed by atoms with van der Waals surface area (Å²) in [6, 6.07) is 12.0. The van der Waals surface area contributed by atoms with E-state index in [9.17, 15) is 15.0 Å². The van der Waals surface area contributed by atoms with Gasteiger partial charge in [0.05, 0.1) is 18.4 Å². The van der Waals surface area contributed by atoms with Gasteiger partial charge in [0.1, 0.15) is 17.2 Å². The normalized spacial score (nSPS) is 18.4. The average Bonchev–Trinajstić information content (AvgIpc) is 3.21. The van der Waals surface area contributed by atoms with E-state index >= 15 is 0 Å². The molecule has 1 saturated carbocycles. The van der Waals surface area contributed by atoms with E-state index < -0.39 is 0 Å². The molecule has 0 saturated heterocycles. The van der Waals surface area contributed by atoms with Crippen LogP contribution in [0.25, 0.3) is 11.4 Å². The number of rotatable bonds is 7. The van der Waals surface area contributed by atoms with E-state index in [1.54, 1.807) is 7.11 Å². The molecule has 2 N–H and O–H groups in total. The van der Waals surface area contributed by atoms with Crippen molar-refractivity contribution in [1.82, 2.24) is 14.8 Å². The van der Waals surface area contributed by atoms with Crippen LogP contribution >= 0.6 is 11.8 Å². The molecule has 1 aliphatic rings. The molecule has 0 spiro atoms. The Morgan fingerprint density at radius 2 is 1.88 bits per heavy atom. The van der Waals surface area contributed by atoms with Gasteiger partial charge in [0.25, 0.3) is 0 Å². The van der Waals surface area contributed by atoms with Crippen molar-refractivity contribution >= 4 is 17.5 Å². The Bertz CT molecular complexity index is 1100. The Labute approximate surface area is 191 Å². The van der Waals surface area contributed by atoms with Gasteiger partial charge in [0.15, 0.2) is 16.8 Å². The number of phenols is 2. The maximum absolute atomic E-state index is 12.7. The number of Topliss-reactive ketones (excluding diaryl/α,β-unsaturated/α-hetero) is 1. The summed E-state index contributed by atoms with van der Waals surface area (Å²) in [6.07, 6.45) is 4.57. The van der Waals surface area contributed by atoms with Crippen molar-refractivity contribution in [3.8, 4) is 28.6 Å². The number of methoxy groups -OCH3 is 1. The number of ketones is 1. The molecule has 2 aromatic carbocycles. The topological polar surface area (TPSA) is 97.5 Å². The minimum absolute atomic E-state index is 0.0816. The predicted molar refractivity (Wildman–Crippen MR) is 124 cm³/mol. The number of thioether (sulfide) groups is 1. The quantitative estimate of drug-likeness (QED) is 0.380. The van der Waals surface area contributed by atoms with Gasteiger partial charge in [-0.15, -0.1) is 10.2 Å². The van der Waals surface area contributed by atoms with E-state index in [0.717, 1.165) is 36.4 Å². The molecule has 1 aliphatic carbocycles. The van der Waals surface area contributed by atoms with Crippen LogP contribution in [-0.4, -0.2) is 43.6 Å². The van der Waals surface area contributed by atoms with Crippen molar-refractivity contribution in [2.45, 2.75) is 43.8 Å². The standard InChI is InChI=1S/C24H27N3O4S/c1-15-5-3-4-6-20(15)27-23(16-7-10-18(31-2)11-8-16)25-26-24(27)32-14-22(30)19-12-9-17(28)13-21(19)29/h7-13,15,20,28-29H,3-6,14H2,1-2H3/t15-,20+/m1/s1. The van der Waals surface area contributed by atoms with E-state index in [1.165, 1.54) is 36.4 Å². The molecule has 0 bridgehead atoms. The molecule has 0 aliphatic heterocycles. The second-order valence-corrected chi connectivity index (χ2v) is 9.09. The Morgan fingerprint density at radius 3 is 2.56 bits per heavy atom. The number of aromatic hydroxyl groups is 2. The summed E-state index contributed by atoms with van der Waals surface area (Å²) in [5.41, 5.74) is 1.13. The average molecular weight is 454 g/mol. The zero-order valence-corrected chi connectivity index (χ0v) is 19.0. The number of hydrogen-bond donors (Lipinski definition) is 2. The zero-order chi connectivity index (χ0) is 22.7. The molecule has 7 nitrogen and oxygen atoms in total. The minimum Gasteiger partial charge on any atom is -0.508 e. The third-order valence-electron chi connectivity index (χ3n) is 6.02. The highest BCUT2D eigenvalue weighted by Crippen LogP contribution is 2.39. The number of carbonyl (C=O) groups is 1. The van der Waals surface area contributed by atoms with Crippen molar-refractivity contribution in [3.63, 3.8) is 0 Å². The number of ether oxygens (including phenoxy) is 1. The Hall–Kier alpha value is -3.00. The van der Waals surface area contributed by atoms with Crippen LogP contribution in [0.15, 0.2) is 47.6 Å². The molecular weight excluding hydrogens is 426 g/mol. The summed E-state index contributed by atoms with van der Waals surface area (Å²) in [7, 11) is 1.64. The lowest BCUT2D eigenvalue weighted by Crippen LogP contribution is -2.22. The molecule has 1 aromatic heterocycles. The van der Waals surface area contributed by atoms with Crippen molar-refractivity contribution in [3.05, 3.63) is 48.0 Å². The van der Waals surface area contributed by atoms with Gasteiger partial charge in [-0.05, 0) is 55.2 Å². The summed E-state index contributed by atoms with van der Waals surface area (Å²) in [5, 5.41) is 29.1. The summed E-state index contributed by atoms with van der Waals surface area (Å²) in [6.45, 7) is 2.26. The molecule has 3 aromatic rings. The van der Waals surface area contributed by atoms with E-state index in [-0.39, 0.29) is 34.6 Å². The number of hydrogen-bond acceptors (Lipinski definition) is 7. The Morgan fingerprint density at radius 1 is 1.12 bits per heavy atom. The SMILES string of the molecule is COc1ccc(-c2nnc(SCC(=O)c3ccc(O)cc3O)n2[C@H]2CCCC[C@H]2C)cc1. The van der Waals surface area contributed by atoms with Crippen LogP contribution in [0.3, 0.4) is 0 Å². The summed E-state index contributed by atoms with van der Waals surface area (Å²) in [5.74, 6) is 1.62. The summed E-state index contributed by atoms with van der Waals surface area (Å²) in [4.78, 5) is 12.7. The first-order chi connectivity index (χ1) is 15.5. The number of aromatic nitrogens is 3. The maximum atomic E-state index is 12.7. The molecule has 2 atom stereocenters. The van der Waals surface area contributed by atoms with Crippen molar-refractivity contribution in [2.24, 2.45) is 5.92 Å². The first-order valence-corrected chi connectivity index (χ1v) is 11.7. The highest BCUT2D eigenvalue weighted by atomic mass is 32.2. The van der Waals surface area contributed by atoms with Crippen LogP contribution in [0, 0.1) is 5.92 Å². The summed E-state index contributed by atoms with van der Waals surface area (Å²) < 4.78 is 7.46.